The van der Waals surface area contributed by atoms with Crippen LogP contribution >= 0.6 is 11.6 Å². The molecule has 0 saturated carbocycles. The predicted molar refractivity (Wildman–Crippen MR) is 79.7 cm³/mol. The molecule has 1 aromatic heterocycles. The lowest BCUT2D eigenvalue weighted by molar-refractivity contribution is -0.275. The van der Waals surface area contributed by atoms with E-state index in [1.807, 2.05) is 0 Å². The Balaban J connectivity index is 2.24. The maximum absolute atomic E-state index is 12.5. The molecule has 1 heterocycles. The maximum Gasteiger partial charge on any atom is 0.573 e. The molecule has 2 rings (SSSR count). The molecule has 24 heavy (non-hydrogen) atoms. The largest absolute Gasteiger partial charge is 0.573 e. The SMILES string of the molecule is O=C(N[C@H](CO)c1ccccc1OC(F)(F)F)c1ccnc(Cl)c1. The van der Waals surface area contributed by atoms with Gasteiger partial charge in [-0.3, -0.25) is 4.79 Å². The van der Waals surface area contributed by atoms with Gasteiger partial charge in [-0.15, -0.1) is 13.2 Å². The number of halogens is 4. The van der Waals surface area contributed by atoms with Crippen molar-refractivity contribution in [3.8, 4) is 5.75 Å². The van der Waals surface area contributed by atoms with Gasteiger partial charge in [0.1, 0.15) is 10.9 Å². The Bertz CT molecular complexity index is 725. The van der Waals surface area contributed by atoms with Crippen molar-refractivity contribution in [1.29, 1.82) is 0 Å². The van der Waals surface area contributed by atoms with Crippen molar-refractivity contribution in [2.24, 2.45) is 0 Å². The number of aliphatic hydroxyl groups is 1. The second-order valence-corrected chi connectivity index (χ2v) is 5.05. The molecular weight excluding hydrogens is 349 g/mol. The van der Waals surface area contributed by atoms with Crippen LogP contribution < -0.4 is 10.1 Å². The Morgan fingerprint density at radius 3 is 2.67 bits per heavy atom. The van der Waals surface area contributed by atoms with E-state index in [9.17, 15) is 23.1 Å². The van der Waals surface area contributed by atoms with Gasteiger partial charge >= 0.3 is 6.36 Å². The summed E-state index contributed by atoms with van der Waals surface area (Å²) in [6.07, 6.45) is -3.58. The Labute approximate surface area is 140 Å². The molecule has 0 saturated heterocycles. The first kappa shape index (κ1) is 18.0. The molecule has 9 heteroatoms. The molecule has 2 aromatic rings. The molecule has 0 bridgehead atoms. The van der Waals surface area contributed by atoms with E-state index in [1.54, 1.807) is 0 Å². The number of nitrogens with one attached hydrogen (secondary N) is 1. The summed E-state index contributed by atoms with van der Waals surface area (Å²) in [6, 6.07) is 6.82. The van der Waals surface area contributed by atoms with Gasteiger partial charge in [-0.1, -0.05) is 29.8 Å². The van der Waals surface area contributed by atoms with Crippen molar-refractivity contribution in [2.45, 2.75) is 12.4 Å². The highest BCUT2D eigenvalue weighted by molar-refractivity contribution is 6.29. The van der Waals surface area contributed by atoms with Gasteiger partial charge in [0.25, 0.3) is 5.91 Å². The number of alkyl halides is 3. The summed E-state index contributed by atoms with van der Waals surface area (Å²) in [5.74, 6) is -1.13. The van der Waals surface area contributed by atoms with E-state index in [2.05, 4.69) is 15.0 Å². The fraction of sp³-hybridized carbons (Fsp3) is 0.200. The number of hydrogen-bond acceptors (Lipinski definition) is 4. The van der Waals surface area contributed by atoms with Crippen molar-refractivity contribution in [1.82, 2.24) is 10.3 Å². The smallest absolute Gasteiger partial charge is 0.405 e. The fourth-order valence-corrected chi connectivity index (χ4v) is 2.17. The van der Waals surface area contributed by atoms with Crippen LogP contribution in [-0.2, 0) is 0 Å². The molecule has 0 spiro atoms. The molecular formula is C15H12ClF3N2O3. The molecule has 2 N–H and O–H groups in total. The van der Waals surface area contributed by atoms with Crippen molar-refractivity contribution < 1.29 is 27.8 Å². The highest BCUT2D eigenvalue weighted by Crippen LogP contribution is 2.30. The van der Waals surface area contributed by atoms with Crippen molar-refractivity contribution in [3.05, 3.63) is 58.9 Å². The number of nitrogens with zero attached hydrogens (tertiary/aromatic N) is 1. The fourth-order valence-electron chi connectivity index (χ4n) is 1.99. The number of aromatic nitrogens is 1. The average Bonchev–Trinajstić information content (AvgIpc) is 2.51. The minimum absolute atomic E-state index is 0.00849. The maximum atomic E-state index is 12.5. The molecule has 0 fully saturated rings. The lowest BCUT2D eigenvalue weighted by Gasteiger charge is -2.20. The molecule has 5 nitrogen and oxygen atoms in total. The second-order valence-electron chi connectivity index (χ2n) is 4.66. The number of pyridine rings is 1. The van der Waals surface area contributed by atoms with Crippen LogP contribution in [0.25, 0.3) is 0 Å². The van der Waals surface area contributed by atoms with Crippen LogP contribution in [0.2, 0.25) is 5.15 Å². The van der Waals surface area contributed by atoms with Gasteiger partial charge < -0.3 is 15.2 Å². The van der Waals surface area contributed by atoms with Gasteiger partial charge in [0.15, 0.2) is 0 Å². The number of carbonyl (C=O) groups excluding carboxylic acids is 1. The van der Waals surface area contributed by atoms with Crippen LogP contribution in [0.15, 0.2) is 42.6 Å². The summed E-state index contributed by atoms with van der Waals surface area (Å²) >= 11 is 5.69. The van der Waals surface area contributed by atoms with E-state index in [1.165, 1.54) is 36.5 Å². The molecule has 0 radical (unpaired) electrons. The summed E-state index contributed by atoms with van der Waals surface area (Å²) < 4.78 is 41.3. The van der Waals surface area contributed by atoms with E-state index in [0.717, 1.165) is 6.07 Å². The number of aliphatic hydroxyl groups excluding tert-OH is 1. The molecule has 0 unspecified atom stereocenters. The Morgan fingerprint density at radius 1 is 1.33 bits per heavy atom. The normalized spacial score (nSPS) is 12.5. The number of carbonyl (C=O) groups is 1. The second kappa shape index (κ2) is 7.50. The topological polar surface area (TPSA) is 71.5 Å². The predicted octanol–water partition coefficient (Wildman–Crippen LogP) is 3.10. The van der Waals surface area contributed by atoms with Gasteiger partial charge in [0, 0.05) is 17.3 Å². The summed E-state index contributed by atoms with van der Waals surface area (Å²) in [6.45, 7) is -0.622. The lowest BCUT2D eigenvalue weighted by Crippen LogP contribution is -2.31. The van der Waals surface area contributed by atoms with Crippen LogP contribution in [-0.4, -0.2) is 29.0 Å². The summed E-state index contributed by atoms with van der Waals surface area (Å²) in [7, 11) is 0. The first-order chi connectivity index (χ1) is 11.3. The Kier molecular flexibility index (Phi) is 5.63. The highest BCUT2D eigenvalue weighted by atomic mass is 35.5. The first-order valence-corrected chi connectivity index (χ1v) is 7.06. The number of benzene rings is 1. The van der Waals surface area contributed by atoms with Crippen molar-refractivity contribution in [2.75, 3.05) is 6.61 Å². The minimum Gasteiger partial charge on any atom is -0.405 e. The van der Waals surface area contributed by atoms with E-state index >= 15 is 0 Å². The Morgan fingerprint density at radius 2 is 2.04 bits per heavy atom. The molecule has 1 amide bonds. The van der Waals surface area contributed by atoms with E-state index < -0.39 is 30.7 Å². The third kappa shape index (κ3) is 4.84. The zero-order chi connectivity index (χ0) is 17.7. The quantitative estimate of drug-likeness (QED) is 0.804. The van der Waals surface area contributed by atoms with E-state index in [4.69, 9.17) is 11.6 Å². The first-order valence-electron chi connectivity index (χ1n) is 6.68. The number of rotatable bonds is 5. The van der Waals surface area contributed by atoms with Gasteiger partial charge in [0.05, 0.1) is 12.6 Å². The number of ether oxygens (including phenoxy) is 1. The van der Waals surface area contributed by atoms with Gasteiger partial charge in [-0.05, 0) is 18.2 Å². The standard InChI is InChI=1S/C15H12ClF3N2O3/c16-13-7-9(5-6-20-13)14(23)21-11(8-22)10-3-1-2-4-12(10)24-15(17,18)19/h1-7,11,22H,8H2,(H,21,23)/t11-/m1/s1. The molecule has 1 atom stereocenters. The minimum atomic E-state index is -4.89. The van der Waals surface area contributed by atoms with Crippen molar-refractivity contribution >= 4 is 17.5 Å². The number of hydrogen-bond donors (Lipinski definition) is 2. The molecule has 0 aliphatic rings. The highest BCUT2D eigenvalue weighted by Gasteiger charge is 2.33. The summed E-state index contributed by atoms with van der Waals surface area (Å²) in [5.41, 5.74) is 0.147. The zero-order valence-electron chi connectivity index (χ0n) is 12.0. The Hall–Kier alpha value is -2.32. The zero-order valence-corrected chi connectivity index (χ0v) is 12.8. The van der Waals surface area contributed by atoms with E-state index in [-0.39, 0.29) is 16.3 Å². The van der Waals surface area contributed by atoms with Gasteiger partial charge in [-0.2, -0.15) is 0 Å². The number of para-hydroxylation sites is 1. The average molecular weight is 361 g/mol. The van der Waals surface area contributed by atoms with Crippen molar-refractivity contribution in [3.63, 3.8) is 0 Å². The van der Waals surface area contributed by atoms with Crippen LogP contribution in [0, 0.1) is 0 Å². The van der Waals surface area contributed by atoms with E-state index in [0.29, 0.717) is 0 Å². The van der Waals surface area contributed by atoms with Gasteiger partial charge in [0.2, 0.25) is 0 Å². The molecule has 128 valence electrons. The van der Waals surface area contributed by atoms with Gasteiger partial charge in [-0.25, -0.2) is 4.98 Å². The van der Waals surface area contributed by atoms with Crippen LogP contribution in [0.3, 0.4) is 0 Å². The lowest BCUT2D eigenvalue weighted by atomic mass is 10.1. The summed E-state index contributed by atoms with van der Waals surface area (Å²) in [4.78, 5) is 15.9. The van der Waals surface area contributed by atoms with Crippen LogP contribution in [0.5, 0.6) is 5.75 Å². The van der Waals surface area contributed by atoms with Crippen LogP contribution in [0.1, 0.15) is 22.0 Å². The molecule has 0 aliphatic heterocycles. The monoisotopic (exact) mass is 360 g/mol. The third-order valence-electron chi connectivity index (χ3n) is 3.00. The summed E-state index contributed by atoms with van der Waals surface area (Å²) in [5, 5.41) is 12.0. The number of amides is 1. The molecule has 0 aliphatic carbocycles. The third-order valence-corrected chi connectivity index (χ3v) is 3.20. The molecule has 1 aromatic carbocycles. The van der Waals surface area contributed by atoms with Crippen LogP contribution in [0.4, 0.5) is 13.2 Å².